The number of aromatic hydroxyl groups is 2. The highest BCUT2D eigenvalue weighted by Gasteiger charge is 2.29. The van der Waals surface area contributed by atoms with Crippen molar-refractivity contribution in [2.45, 2.75) is 32.3 Å². The van der Waals surface area contributed by atoms with Gasteiger partial charge in [-0.05, 0) is 24.5 Å². The van der Waals surface area contributed by atoms with E-state index in [0.29, 0.717) is 24.0 Å². The van der Waals surface area contributed by atoms with Gasteiger partial charge in [0.15, 0.2) is 5.78 Å². The molecule has 0 heterocycles. The molecule has 0 aromatic heterocycles. The van der Waals surface area contributed by atoms with Gasteiger partial charge < -0.3 is 15.3 Å². The van der Waals surface area contributed by atoms with Crippen molar-refractivity contribution in [1.29, 1.82) is 0 Å². The summed E-state index contributed by atoms with van der Waals surface area (Å²) in [6.45, 7) is 1.78. The van der Waals surface area contributed by atoms with Gasteiger partial charge in [0.25, 0.3) is 0 Å². The van der Waals surface area contributed by atoms with Crippen LogP contribution in [0.1, 0.15) is 47.4 Å². The summed E-state index contributed by atoms with van der Waals surface area (Å²) in [5.41, 5.74) is 0.873. The van der Waals surface area contributed by atoms with Crippen LogP contribution in [0.4, 0.5) is 0 Å². The van der Waals surface area contributed by atoms with E-state index in [1.807, 2.05) is 0 Å². The SMILES string of the molecule is CCc1c(O)cc2c(c1O)C(=O)CC[C@H]2O. The number of fused-ring (bicyclic) bond motifs is 1. The Kier molecular flexibility index (Phi) is 2.59. The molecule has 4 heteroatoms. The van der Waals surface area contributed by atoms with Crippen molar-refractivity contribution in [2.75, 3.05) is 0 Å². The van der Waals surface area contributed by atoms with Crippen molar-refractivity contribution in [2.24, 2.45) is 0 Å². The number of phenols is 2. The van der Waals surface area contributed by atoms with E-state index in [-0.39, 0.29) is 29.3 Å². The summed E-state index contributed by atoms with van der Waals surface area (Å²) in [7, 11) is 0. The second-order valence-corrected chi connectivity index (χ2v) is 4.02. The minimum atomic E-state index is -0.782. The van der Waals surface area contributed by atoms with Crippen LogP contribution in [0.2, 0.25) is 0 Å². The predicted molar refractivity (Wildman–Crippen MR) is 57.7 cm³/mol. The van der Waals surface area contributed by atoms with Gasteiger partial charge in [-0.3, -0.25) is 4.79 Å². The van der Waals surface area contributed by atoms with E-state index in [1.165, 1.54) is 6.07 Å². The molecule has 0 unspecified atom stereocenters. The largest absolute Gasteiger partial charge is 0.508 e. The number of rotatable bonds is 1. The number of aliphatic hydroxyl groups excluding tert-OH is 1. The van der Waals surface area contributed by atoms with Crippen molar-refractivity contribution >= 4 is 5.78 Å². The topological polar surface area (TPSA) is 77.8 Å². The Morgan fingerprint density at radius 2 is 2.12 bits per heavy atom. The van der Waals surface area contributed by atoms with Crippen molar-refractivity contribution in [3.63, 3.8) is 0 Å². The Labute approximate surface area is 93.2 Å². The van der Waals surface area contributed by atoms with Gasteiger partial charge in [-0.1, -0.05) is 6.92 Å². The minimum absolute atomic E-state index is 0.0625. The fourth-order valence-electron chi connectivity index (χ4n) is 2.17. The van der Waals surface area contributed by atoms with E-state index in [2.05, 4.69) is 0 Å². The van der Waals surface area contributed by atoms with Gasteiger partial charge in [0.2, 0.25) is 0 Å². The second kappa shape index (κ2) is 3.79. The summed E-state index contributed by atoms with van der Waals surface area (Å²) >= 11 is 0. The Bertz CT molecular complexity index is 451. The predicted octanol–water partition coefficient (Wildman–Crippen LogP) is 1.67. The molecule has 0 saturated heterocycles. The summed E-state index contributed by atoms with van der Waals surface area (Å²) in [6.07, 6.45) is 0.232. The lowest BCUT2D eigenvalue weighted by atomic mass is 9.85. The average molecular weight is 222 g/mol. The molecule has 1 aliphatic carbocycles. The molecule has 2 rings (SSSR count). The average Bonchev–Trinajstić information content (AvgIpc) is 2.24. The van der Waals surface area contributed by atoms with E-state index in [0.717, 1.165) is 0 Å². The number of aliphatic hydroxyl groups is 1. The second-order valence-electron chi connectivity index (χ2n) is 4.02. The van der Waals surface area contributed by atoms with Crippen molar-refractivity contribution < 1.29 is 20.1 Å². The summed E-state index contributed by atoms with van der Waals surface area (Å²) in [4.78, 5) is 11.7. The van der Waals surface area contributed by atoms with Crippen LogP contribution < -0.4 is 0 Å². The smallest absolute Gasteiger partial charge is 0.167 e. The monoisotopic (exact) mass is 222 g/mol. The molecule has 4 nitrogen and oxygen atoms in total. The van der Waals surface area contributed by atoms with Gasteiger partial charge in [-0.2, -0.15) is 0 Å². The highest BCUT2D eigenvalue weighted by molar-refractivity contribution is 6.01. The molecular weight excluding hydrogens is 208 g/mol. The number of hydrogen-bond donors (Lipinski definition) is 3. The van der Waals surface area contributed by atoms with Gasteiger partial charge >= 0.3 is 0 Å². The first-order valence-electron chi connectivity index (χ1n) is 5.35. The van der Waals surface area contributed by atoms with Crippen molar-refractivity contribution in [3.05, 3.63) is 22.8 Å². The fourth-order valence-corrected chi connectivity index (χ4v) is 2.17. The number of carbonyl (C=O) groups is 1. The van der Waals surface area contributed by atoms with E-state index >= 15 is 0 Å². The van der Waals surface area contributed by atoms with E-state index in [1.54, 1.807) is 6.92 Å². The molecule has 1 aromatic rings. The first-order chi connectivity index (χ1) is 7.56. The van der Waals surface area contributed by atoms with Gasteiger partial charge in [0.1, 0.15) is 11.5 Å². The van der Waals surface area contributed by atoms with Crippen molar-refractivity contribution in [1.82, 2.24) is 0 Å². The number of benzene rings is 1. The normalized spacial score (nSPS) is 19.6. The molecule has 3 N–H and O–H groups in total. The summed E-state index contributed by atoms with van der Waals surface area (Å²) in [6, 6.07) is 1.38. The number of ketones is 1. The maximum atomic E-state index is 11.7. The zero-order valence-electron chi connectivity index (χ0n) is 9.03. The van der Waals surface area contributed by atoms with Crippen molar-refractivity contribution in [3.8, 4) is 11.5 Å². The number of phenolic OH excluding ortho intramolecular Hbond substituents is 2. The molecule has 86 valence electrons. The Hall–Kier alpha value is -1.55. The Morgan fingerprint density at radius 1 is 1.44 bits per heavy atom. The van der Waals surface area contributed by atoms with Crippen LogP contribution in [0, 0.1) is 0 Å². The Balaban J connectivity index is 2.71. The summed E-state index contributed by atoms with van der Waals surface area (Å²) in [5, 5.41) is 29.3. The Morgan fingerprint density at radius 3 is 2.75 bits per heavy atom. The number of hydrogen-bond acceptors (Lipinski definition) is 4. The molecule has 16 heavy (non-hydrogen) atoms. The number of carbonyl (C=O) groups excluding carboxylic acids is 1. The van der Waals surface area contributed by atoms with Gasteiger partial charge in [0.05, 0.1) is 11.7 Å². The molecule has 0 bridgehead atoms. The van der Waals surface area contributed by atoms with Crippen LogP contribution in [0.25, 0.3) is 0 Å². The third-order valence-corrected chi connectivity index (χ3v) is 3.05. The minimum Gasteiger partial charge on any atom is -0.508 e. The van der Waals surface area contributed by atoms with E-state index in [9.17, 15) is 20.1 Å². The number of Topliss-reactive ketones (excluding diaryl/α,β-unsaturated/α-hetero) is 1. The third kappa shape index (κ3) is 1.46. The van der Waals surface area contributed by atoms with Gasteiger partial charge in [-0.15, -0.1) is 0 Å². The molecule has 1 atom stereocenters. The highest BCUT2D eigenvalue weighted by atomic mass is 16.3. The first kappa shape index (κ1) is 11.0. The van der Waals surface area contributed by atoms with Crippen LogP contribution in [0.3, 0.4) is 0 Å². The first-order valence-corrected chi connectivity index (χ1v) is 5.35. The lowest BCUT2D eigenvalue weighted by Crippen LogP contribution is -2.16. The molecular formula is C12H14O4. The fraction of sp³-hybridized carbons (Fsp3) is 0.417. The van der Waals surface area contributed by atoms with Crippen LogP contribution in [-0.2, 0) is 6.42 Å². The lowest BCUT2D eigenvalue weighted by molar-refractivity contribution is 0.0892. The molecule has 1 aromatic carbocycles. The molecule has 0 saturated carbocycles. The highest BCUT2D eigenvalue weighted by Crippen LogP contribution is 2.41. The maximum absolute atomic E-state index is 11.7. The molecule has 0 aliphatic heterocycles. The zero-order valence-corrected chi connectivity index (χ0v) is 9.03. The maximum Gasteiger partial charge on any atom is 0.167 e. The van der Waals surface area contributed by atoms with E-state index < -0.39 is 6.10 Å². The quantitative estimate of drug-likeness (QED) is 0.675. The van der Waals surface area contributed by atoms with Gasteiger partial charge in [-0.25, -0.2) is 0 Å². The molecule has 0 spiro atoms. The third-order valence-electron chi connectivity index (χ3n) is 3.05. The van der Waals surface area contributed by atoms with E-state index in [4.69, 9.17) is 0 Å². The molecule has 0 amide bonds. The standard InChI is InChI=1S/C12H14O4/c1-2-6-10(15)5-7-8(13)3-4-9(14)11(7)12(6)16/h5,8,13,15-16H,2-4H2,1H3/t8-/m1/s1. The zero-order chi connectivity index (χ0) is 11.9. The molecule has 0 fully saturated rings. The summed E-state index contributed by atoms with van der Waals surface area (Å²) in [5.74, 6) is -0.416. The summed E-state index contributed by atoms with van der Waals surface area (Å²) < 4.78 is 0. The molecule has 0 radical (unpaired) electrons. The van der Waals surface area contributed by atoms with Gasteiger partial charge in [0, 0.05) is 12.0 Å². The van der Waals surface area contributed by atoms with Crippen LogP contribution in [0.15, 0.2) is 6.07 Å². The van der Waals surface area contributed by atoms with Crippen LogP contribution in [0.5, 0.6) is 11.5 Å². The molecule has 1 aliphatic rings. The van der Waals surface area contributed by atoms with Crippen LogP contribution >= 0.6 is 0 Å². The van der Waals surface area contributed by atoms with Crippen LogP contribution in [-0.4, -0.2) is 21.1 Å². The lowest BCUT2D eigenvalue weighted by Gasteiger charge is -2.23.